The number of carbonyl (C=O) groups is 1. The summed E-state index contributed by atoms with van der Waals surface area (Å²) in [6.07, 6.45) is 16.1. The third kappa shape index (κ3) is 11.4. The van der Waals surface area contributed by atoms with Crippen molar-refractivity contribution in [1.29, 1.82) is 0 Å². The highest BCUT2D eigenvalue weighted by molar-refractivity contribution is 5.86. The van der Waals surface area contributed by atoms with Crippen molar-refractivity contribution in [2.24, 2.45) is 0 Å². The van der Waals surface area contributed by atoms with Crippen LogP contribution in [-0.4, -0.2) is 37.2 Å². The summed E-state index contributed by atoms with van der Waals surface area (Å²) < 4.78 is 0.854. The molecule has 0 spiro atoms. The number of nitrogens with one attached hydrogen (secondary N) is 1. The van der Waals surface area contributed by atoms with E-state index >= 15 is 0 Å². The number of hydrogen-bond donors (Lipinski definition) is 1. The van der Waals surface area contributed by atoms with Crippen molar-refractivity contribution in [1.82, 2.24) is 5.32 Å². The first-order chi connectivity index (χ1) is 11.0. The average molecular weight is 326 g/mol. The second-order valence-electron chi connectivity index (χ2n) is 7.32. The molecular weight excluding hydrogens is 284 g/mol. The van der Waals surface area contributed by atoms with Crippen LogP contribution in [0.3, 0.4) is 0 Å². The van der Waals surface area contributed by atoms with Crippen molar-refractivity contribution in [3.63, 3.8) is 0 Å². The summed E-state index contributed by atoms with van der Waals surface area (Å²) in [5, 5.41) is 3.06. The van der Waals surface area contributed by atoms with Gasteiger partial charge >= 0.3 is 0 Å². The second-order valence-corrected chi connectivity index (χ2v) is 7.32. The Morgan fingerprint density at radius 1 is 0.957 bits per heavy atom. The van der Waals surface area contributed by atoms with E-state index < -0.39 is 0 Å². The summed E-state index contributed by atoms with van der Waals surface area (Å²) in [7, 11) is 4.43. The van der Waals surface area contributed by atoms with Crippen molar-refractivity contribution in [3.05, 3.63) is 12.7 Å². The van der Waals surface area contributed by atoms with Gasteiger partial charge in [-0.3, -0.25) is 4.79 Å². The van der Waals surface area contributed by atoms with Crippen LogP contribution in [0.15, 0.2) is 12.7 Å². The molecule has 1 amide bonds. The standard InChI is InChI=1S/C20H40N2O/c1-6-9-10-11-12-13-14-15-16-17-18-22(4,5)19(7-2)21-20(23)8-3/h8,19H,3,6-7,9-18H2,1-2,4-5H3/p+1. The topological polar surface area (TPSA) is 29.1 Å². The Labute approximate surface area is 145 Å². The molecule has 1 atom stereocenters. The SMILES string of the molecule is C=CC(=O)NC(CC)[N+](C)(C)CCCCCCCCCCCC. The third-order valence-corrected chi connectivity index (χ3v) is 4.81. The molecule has 0 rings (SSSR count). The van der Waals surface area contributed by atoms with Gasteiger partial charge < -0.3 is 9.80 Å². The third-order valence-electron chi connectivity index (χ3n) is 4.81. The molecule has 0 saturated carbocycles. The van der Waals surface area contributed by atoms with Gasteiger partial charge in [0, 0.05) is 6.42 Å². The Bertz CT molecular complexity index is 313. The summed E-state index contributed by atoms with van der Waals surface area (Å²) >= 11 is 0. The molecule has 0 aliphatic carbocycles. The predicted molar refractivity (Wildman–Crippen MR) is 101 cm³/mol. The molecule has 0 bridgehead atoms. The van der Waals surface area contributed by atoms with E-state index in [1.54, 1.807) is 0 Å². The molecule has 3 heteroatoms. The quantitative estimate of drug-likeness (QED) is 0.195. The Hall–Kier alpha value is -0.830. The molecule has 0 heterocycles. The van der Waals surface area contributed by atoms with E-state index in [0.29, 0.717) is 0 Å². The zero-order valence-electron chi connectivity index (χ0n) is 16.2. The van der Waals surface area contributed by atoms with Crippen LogP contribution in [0, 0.1) is 0 Å². The maximum Gasteiger partial charge on any atom is 0.247 e. The average Bonchev–Trinajstić information content (AvgIpc) is 2.53. The molecule has 0 radical (unpaired) electrons. The van der Waals surface area contributed by atoms with Gasteiger partial charge in [-0.25, -0.2) is 0 Å². The Kier molecular flexibility index (Phi) is 13.1. The first-order valence-electron chi connectivity index (χ1n) is 9.73. The van der Waals surface area contributed by atoms with E-state index in [0.717, 1.165) is 17.4 Å². The summed E-state index contributed by atoms with van der Waals surface area (Å²) in [5.41, 5.74) is 0. The number of amides is 1. The minimum Gasteiger partial charge on any atom is -0.309 e. The molecule has 0 aromatic heterocycles. The number of quaternary nitrogens is 1. The fraction of sp³-hybridized carbons (Fsp3) is 0.850. The maximum atomic E-state index is 11.5. The molecule has 23 heavy (non-hydrogen) atoms. The minimum absolute atomic E-state index is 0.0638. The lowest BCUT2D eigenvalue weighted by Gasteiger charge is -2.37. The smallest absolute Gasteiger partial charge is 0.247 e. The van der Waals surface area contributed by atoms with Gasteiger partial charge in [-0.05, 0) is 18.9 Å². The second kappa shape index (κ2) is 13.6. The highest BCUT2D eigenvalue weighted by atomic mass is 16.1. The van der Waals surface area contributed by atoms with Crippen LogP contribution in [-0.2, 0) is 4.79 Å². The van der Waals surface area contributed by atoms with Crippen LogP contribution in [0.5, 0.6) is 0 Å². The van der Waals surface area contributed by atoms with Gasteiger partial charge in [-0.2, -0.15) is 0 Å². The largest absolute Gasteiger partial charge is 0.309 e. The zero-order valence-corrected chi connectivity index (χ0v) is 16.2. The van der Waals surface area contributed by atoms with Crippen molar-refractivity contribution < 1.29 is 9.28 Å². The lowest BCUT2D eigenvalue weighted by atomic mass is 10.1. The number of hydrogen-bond acceptors (Lipinski definition) is 1. The van der Waals surface area contributed by atoms with E-state index in [1.165, 1.54) is 70.3 Å². The Morgan fingerprint density at radius 3 is 1.87 bits per heavy atom. The highest BCUT2D eigenvalue weighted by Crippen LogP contribution is 2.14. The van der Waals surface area contributed by atoms with Gasteiger partial charge in [0.25, 0.3) is 0 Å². The number of nitrogens with zero attached hydrogens (tertiary/aromatic N) is 1. The number of unbranched alkanes of at least 4 members (excludes halogenated alkanes) is 9. The highest BCUT2D eigenvalue weighted by Gasteiger charge is 2.26. The summed E-state index contributed by atoms with van der Waals surface area (Å²) in [4.78, 5) is 11.5. The summed E-state index contributed by atoms with van der Waals surface area (Å²) in [6.45, 7) is 9.06. The van der Waals surface area contributed by atoms with Crippen LogP contribution in [0.25, 0.3) is 0 Å². The van der Waals surface area contributed by atoms with Crippen molar-refractivity contribution in [2.45, 2.75) is 90.6 Å². The molecule has 136 valence electrons. The summed E-state index contributed by atoms with van der Waals surface area (Å²) in [6, 6.07) is 0. The first-order valence-corrected chi connectivity index (χ1v) is 9.73. The molecule has 0 fully saturated rings. The van der Waals surface area contributed by atoms with E-state index in [4.69, 9.17) is 0 Å². The van der Waals surface area contributed by atoms with Gasteiger partial charge in [0.2, 0.25) is 5.91 Å². The van der Waals surface area contributed by atoms with Crippen molar-refractivity contribution in [2.75, 3.05) is 20.6 Å². The number of carbonyl (C=O) groups excluding carboxylic acids is 1. The molecule has 3 nitrogen and oxygen atoms in total. The van der Waals surface area contributed by atoms with Crippen LogP contribution in [0.2, 0.25) is 0 Å². The van der Waals surface area contributed by atoms with Gasteiger partial charge in [0.15, 0.2) is 6.17 Å². The molecule has 0 aromatic rings. The van der Waals surface area contributed by atoms with Gasteiger partial charge in [-0.15, -0.1) is 0 Å². The van der Waals surface area contributed by atoms with Crippen LogP contribution in [0.4, 0.5) is 0 Å². The molecule has 0 saturated heterocycles. The van der Waals surface area contributed by atoms with Crippen LogP contribution >= 0.6 is 0 Å². The fourth-order valence-corrected chi connectivity index (χ4v) is 3.16. The Balaban J connectivity index is 3.75. The van der Waals surface area contributed by atoms with Crippen molar-refractivity contribution >= 4 is 5.91 Å². The van der Waals surface area contributed by atoms with Crippen LogP contribution in [0.1, 0.15) is 84.5 Å². The van der Waals surface area contributed by atoms with E-state index in [9.17, 15) is 4.79 Å². The molecular formula is C20H41N2O+. The summed E-state index contributed by atoms with van der Waals surface area (Å²) in [5.74, 6) is -0.0638. The first kappa shape index (κ1) is 22.2. The zero-order chi connectivity index (χ0) is 17.6. The fourth-order valence-electron chi connectivity index (χ4n) is 3.16. The number of rotatable bonds is 15. The predicted octanol–water partition coefficient (Wildman–Crippen LogP) is 5.02. The molecule has 0 aliphatic rings. The molecule has 0 aliphatic heterocycles. The molecule has 1 unspecified atom stereocenters. The van der Waals surface area contributed by atoms with E-state index in [-0.39, 0.29) is 12.1 Å². The monoisotopic (exact) mass is 325 g/mol. The van der Waals surface area contributed by atoms with E-state index in [2.05, 4.69) is 39.8 Å². The minimum atomic E-state index is -0.0638. The normalized spacial score (nSPS) is 12.9. The maximum absolute atomic E-state index is 11.5. The lowest BCUT2D eigenvalue weighted by molar-refractivity contribution is -0.917. The molecule has 1 N–H and O–H groups in total. The van der Waals surface area contributed by atoms with Gasteiger partial charge in [0.05, 0.1) is 20.6 Å². The van der Waals surface area contributed by atoms with Crippen LogP contribution < -0.4 is 5.32 Å². The lowest BCUT2D eigenvalue weighted by Crippen LogP contribution is -2.57. The van der Waals surface area contributed by atoms with Gasteiger partial charge in [-0.1, -0.05) is 71.8 Å². The van der Waals surface area contributed by atoms with Crippen molar-refractivity contribution in [3.8, 4) is 0 Å². The van der Waals surface area contributed by atoms with Gasteiger partial charge in [0.1, 0.15) is 0 Å². The molecule has 0 aromatic carbocycles. The Morgan fingerprint density at radius 2 is 1.43 bits per heavy atom. The van der Waals surface area contributed by atoms with E-state index in [1.807, 2.05) is 0 Å².